The molecule has 0 radical (unpaired) electrons. The van der Waals surface area contributed by atoms with Gasteiger partial charge in [-0.3, -0.25) is 4.79 Å². The fourth-order valence-corrected chi connectivity index (χ4v) is 5.40. The number of carboxylic acid groups (broad SMARTS) is 1. The van der Waals surface area contributed by atoms with Crippen molar-refractivity contribution in [1.29, 1.82) is 0 Å². The van der Waals surface area contributed by atoms with Gasteiger partial charge < -0.3 is 33.9 Å². The Morgan fingerprint density at radius 3 is 2.45 bits per heavy atom. The molecule has 38 heavy (non-hydrogen) atoms. The maximum atomic E-state index is 13.0. The highest BCUT2D eigenvalue weighted by atomic mass is 16.7. The summed E-state index contributed by atoms with van der Waals surface area (Å²) in [7, 11) is 1.57. The number of ether oxygens (including phenoxy) is 5. The molecule has 0 aromatic heterocycles. The van der Waals surface area contributed by atoms with Crippen LogP contribution in [0, 0.1) is 5.92 Å². The molecule has 0 saturated carbocycles. The van der Waals surface area contributed by atoms with Crippen molar-refractivity contribution in [2.45, 2.75) is 31.6 Å². The average molecular weight is 521 g/mol. The average Bonchev–Trinajstić information content (AvgIpc) is 3.53. The fourth-order valence-electron chi connectivity index (χ4n) is 5.40. The number of methoxy groups -OCH3 is 1. The molecule has 0 unspecified atom stereocenters. The van der Waals surface area contributed by atoms with Crippen LogP contribution in [0.1, 0.15) is 53.9 Å². The minimum absolute atomic E-state index is 0.00632. The highest BCUT2D eigenvalue weighted by Crippen LogP contribution is 2.56. The first-order chi connectivity index (χ1) is 18.5. The summed E-state index contributed by atoms with van der Waals surface area (Å²) in [6, 6.07) is 16.9. The topological polar surface area (TPSA) is 104 Å². The molecule has 3 atom stereocenters. The number of fused-ring (bicyclic) bond motifs is 2. The number of aliphatic hydroxyl groups is 1. The van der Waals surface area contributed by atoms with E-state index in [1.807, 2.05) is 55.5 Å². The predicted molar refractivity (Wildman–Crippen MR) is 140 cm³/mol. The zero-order valence-electron chi connectivity index (χ0n) is 21.5. The van der Waals surface area contributed by atoms with Gasteiger partial charge in [0.1, 0.15) is 17.2 Å². The third-order valence-corrected chi connectivity index (χ3v) is 7.08. The van der Waals surface area contributed by atoms with Crippen LogP contribution in [0.4, 0.5) is 0 Å². The van der Waals surface area contributed by atoms with Crippen molar-refractivity contribution in [2.24, 2.45) is 5.92 Å². The second kappa shape index (κ2) is 11.2. The Morgan fingerprint density at radius 1 is 0.895 bits per heavy atom. The van der Waals surface area contributed by atoms with Crippen LogP contribution in [0.2, 0.25) is 0 Å². The van der Waals surface area contributed by atoms with Gasteiger partial charge in [0.05, 0.1) is 26.2 Å². The van der Waals surface area contributed by atoms with Crippen LogP contribution < -0.4 is 23.7 Å². The van der Waals surface area contributed by atoms with Crippen molar-refractivity contribution in [2.75, 3.05) is 33.7 Å². The van der Waals surface area contributed by atoms with E-state index in [1.54, 1.807) is 13.2 Å². The minimum Gasteiger partial charge on any atom is -0.497 e. The molecular weight excluding hydrogens is 488 g/mol. The summed E-state index contributed by atoms with van der Waals surface area (Å²) in [5.74, 6) is 0.402. The van der Waals surface area contributed by atoms with Crippen molar-refractivity contribution >= 4 is 5.97 Å². The molecule has 1 aliphatic carbocycles. The smallest absolute Gasteiger partial charge is 0.308 e. The summed E-state index contributed by atoms with van der Waals surface area (Å²) in [5, 5.41) is 20.0. The second-order valence-corrected chi connectivity index (χ2v) is 9.40. The maximum absolute atomic E-state index is 13.0. The van der Waals surface area contributed by atoms with E-state index in [2.05, 4.69) is 0 Å². The van der Waals surface area contributed by atoms with Gasteiger partial charge in [0.15, 0.2) is 11.5 Å². The quantitative estimate of drug-likeness (QED) is 0.342. The highest BCUT2D eigenvalue weighted by molar-refractivity contribution is 5.78. The van der Waals surface area contributed by atoms with Gasteiger partial charge in [0, 0.05) is 36.5 Å². The number of carbonyl (C=O) groups is 1. The molecule has 8 nitrogen and oxygen atoms in total. The molecule has 0 amide bonds. The molecule has 1 heterocycles. The number of hydrogen-bond acceptors (Lipinski definition) is 7. The largest absolute Gasteiger partial charge is 0.497 e. The summed E-state index contributed by atoms with van der Waals surface area (Å²) < 4.78 is 28.5. The van der Waals surface area contributed by atoms with Crippen molar-refractivity contribution in [1.82, 2.24) is 0 Å². The van der Waals surface area contributed by atoms with E-state index in [9.17, 15) is 15.0 Å². The number of carboxylic acids is 1. The van der Waals surface area contributed by atoms with E-state index < -0.39 is 23.7 Å². The monoisotopic (exact) mass is 520 g/mol. The van der Waals surface area contributed by atoms with Gasteiger partial charge in [-0.15, -0.1) is 0 Å². The number of hydrogen-bond donors (Lipinski definition) is 2. The lowest BCUT2D eigenvalue weighted by molar-refractivity contribution is -0.142. The molecule has 0 fully saturated rings. The van der Waals surface area contributed by atoms with E-state index in [1.165, 1.54) is 0 Å². The summed E-state index contributed by atoms with van der Waals surface area (Å²) in [4.78, 5) is 13.0. The molecule has 0 saturated heterocycles. The van der Waals surface area contributed by atoms with Gasteiger partial charge in [0.25, 0.3) is 0 Å². The lowest BCUT2D eigenvalue weighted by atomic mass is 9.79. The maximum Gasteiger partial charge on any atom is 0.308 e. The van der Waals surface area contributed by atoms with Crippen LogP contribution in [0.15, 0.2) is 54.6 Å². The zero-order valence-corrected chi connectivity index (χ0v) is 21.5. The second-order valence-electron chi connectivity index (χ2n) is 9.40. The number of aliphatic carboxylic acids is 1. The molecule has 1 aliphatic heterocycles. The Morgan fingerprint density at radius 2 is 1.68 bits per heavy atom. The Balaban J connectivity index is 1.67. The molecular formula is C30H32O8. The van der Waals surface area contributed by atoms with Gasteiger partial charge in [-0.2, -0.15) is 0 Å². The van der Waals surface area contributed by atoms with Crippen LogP contribution in [0.25, 0.3) is 0 Å². The SMILES string of the molecule is CCCOc1ccc2c(c1)[C@@H](c1ccc(OC)cc1OCCCO)[C@H](C(=O)O)[C@H]2c1ccc2c(c1)OCO2. The summed E-state index contributed by atoms with van der Waals surface area (Å²) in [5.41, 5.74) is 3.38. The Bertz CT molecular complexity index is 1300. The van der Waals surface area contributed by atoms with Crippen molar-refractivity contribution < 1.29 is 38.7 Å². The molecule has 3 aromatic carbocycles. The number of benzene rings is 3. The Labute approximate surface area is 221 Å². The van der Waals surface area contributed by atoms with Crippen LogP contribution in [-0.2, 0) is 4.79 Å². The van der Waals surface area contributed by atoms with Crippen LogP contribution in [0.3, 0.4) is 0 Å². The molecule has 2 aliphatic rings. The normalized spacial score (nSPS) is 19.2. The van der Waals surface area contributed by atoms with E-state index >= 15 is 0 Å². The van der Waals surface area contributed by atoms with Gasteiger partial charge >= 0.3 is 5.97 Å². The van der Waals surface area contributed by atoms with Crippen LogP contribution >= 0.6 is 0 Å². The number of aliphatic hydroxyl groups excluding tert-OH is 1. The lowest BCUT2D eigenvalue weighted by Gasteiger charge is -2.25. The highest BCUT2D eigenvalue weighted by Gasteiger charge is 2.48. The lowest BCUT2D eigenvalue weighted by Crippen LogP contribution is -2.24. The summed E-state index contributed by atoms with van der Waals surface area (Å²) in [6.45, 7) is 3.03. The van der Waals surface area contributed by atoms with E-state index in [-0.39, 0.29) is 13.4 Å². The zero-order chi connectivity index (χ0) is 26.6. The first-order valence-electron chi connectivity index (χ1n) is 12.9. The molecule has 3 aromatic rings. The van der Waals surface area contributed by atoms with Crippen LogP contribution in [-0.4, -0.2) is 49.9 Å². The minimum atomic E-state index is -0.915. The van der Waals surface area contributed by atoms with Crippen LogP contribution in [0.5, 0.6) is 28.7 Å². The first-order valence-corrected chi connectivity index (χ1v) is 12.9. The molecule has 5 rings (SSSR count). The Hall–Kier alpha value is -3.91. The first kappa shape index (κ1) is 25.7. The molecule has 0 bridgehead atoms. The number of rotatable bonds is 11. The van der Waals surface area contributed by atoms with Crippen molar-refractivity contribution in [3.05, 3.63) is 76.9 Å². The molecule has 2 N–H and O–H groups in total. The standard InChI is InChI=1S/C30H32O8/c1-3-12-35-20-7-8-21-23(15-20)28(22-9-6-19(34-2)16-25(22)36-13-4-11-31)29(30(32)33)27(21)18-5-10-24-26(14-18)38-17-37-24/h5-10,14-16,27-29,31H,3-4,11-13,17H2,1-2H3,(H,32,33)/t27-,28+,29+/m0/s1. The molecule has 200 valence electrons. The molecule has 0 spiro atoms. The van der Waals surface area contributed by atoms with Crippen molar-refractivity contribution in [3.63, 3.8) is 0 Å². The third-order valence-electron chi connectivity index (χ3n) is 7.08. The van der Waals surface area contributed by atoms with Gasteiger partial charge in [0.2, 0.25) is 6.79 Å². The third kappa shape index (κ3) is 4.84. The van der Waals surface area contributed by atoms with E-state index in [0.29, 0.717) is 48.4 Å². The Kier molecular flexibility index (Phi) is 7.60. The van der Waals surface area contributed by atoms with E-state index in [0.717, 1.165) is 28.7 Å². The van der Waals surface area contributed by atoms with Crippen molar-refractivity contribution in [3.8, 4) is 28.7 Å². The summed E-state index contributed by atoms with van der Waals surface area (Å²) in [6.07, 6.45) is 1.31. The van der Waals surface area contributed by atoms with Gasteiger partial charge in [-0.25, -0.2) is 0 Å². The van der Waals surface area contributed by atoms with Gasteiger partial charge in [-0.1, -0.05) is 25.1 Å². The van der Waals surface area contributed by atoms with E-state index in [4.69, 9.17) is 23.7 Å². The predicted octanol–water partition coefficient (Wildman–Crippen LogP) is 4.95. The molecule has 8 heteroatoms. The van der Waals surface area contributed by atoms with Gasteiger partial charge in [-0.05, 0) is 53.4 Å². The summed E-state index contributed by atoms with van der Waals surface area (Å²) >= 11 is 0. The fraction of sp³-hybridized carbons (Fsp3) is 0.367.